The highest BCUT2D eigenvalue weighted by molar-refractivity contribution is 5.74. The quantitative estimate of drug-likeness (QED) is 0.813. The molecule has 26 heavy (non-hydrogen) atoms. The van der Waals surface area contributed by atoms with Gasteiger partial charge in [-0.2, -0.15) is 5.10 Å². The van der Waals surface area contributed by atoms with Gasteiger partial charge in [-0.25, -0.2) is 4.79 Å². The van der Waals surface area contributed by atoms with Crippen LogP contribution < -0.4 is 5.32 Å². The molecule has 0 aliphatic carbocycles. The van der Waals surface area contributed by atoms with Crippen molar-refractivity contribution in [1.82, 2.24) is 30.3 Å². The number of carbonyl (C=O) groups is 1. The van der Waals surface area contributed by atoms with Gasteiger partial charge in [0.05, 0.1) is 30.2 Å². The van der Waals surface area contributed by atoms with E-state index in [-0.39, 0.29) is 6.03 Å². The molecule has 2 aromatic rings. The number of methoxy groups -OCH3 is 1. The molecule has 3 heterocycles. The minimum Gasteiger partial charge on any atom is -0.378 e. The third kappa shape index (κ3) is 4.80. The largest absolute Gasteiger partial charge is 0.378 e. The molecule has 140 valence electrons. The van der Waals surface area contributed by atoms with Crippen molar-refractivity contribution in [3.8, 4) is 0 Å². The number of amides is 2. The van der Waals surface area contributed by atoms with Crippen LogP contribution in [0.1, 0.15) is 22.6 Å². The summed E-state index contributed by atoms with van der Waals surface area (Å²) in [4.78, 5) is 21.0. The molecule has 0 unspecified atom stereocenters. The molecule has 8 heteroatoms. The van der Waals surface area contributed by atoms with Gasteiger partial charge in [-0.05, 0) is 24.6 Å². The molecule has 2 amide bonds. The van der Waals surface area contributed by atoms with Gasteiger partial charge in [-0.15, -0.1) is 0 Å². The molecular weight excluding hydrogens is 332 g/mol. The highest BCUT2D eigenvalue weighted by Gasteiger charge is 2.21. The van der Waals surface area contributed by atoms with Crippen LogP contribution >= 0.6 is 0 Å². The summed E-state index contributed by atoms with van der Waals surface area (Å²) in [5.74, 6) is 0. The molecule has 0 radical (unpaired) electrons. The van der Waals surface area contributed by atoms with Crippen LogP contribution in [0.15, 0.2) is 24.4 Å². The highest BCUT2D eigenvalue weighted by atomic mass is 16.5. The summed E-state index contributed by atoms with van der Waals surface area (Å²) in [6.45, 7) is 6.95. The second-order valence-corrected chi connectivity index (χ2v) is 6.51. The number of nitrogens with one attached hydrogen (secondary N) is 2. The van der Waals surface area contributed by atoms with Gasteiger partial charge in [0.25, 0.3) is 0 Å². The van der Waals surface area contributed by atoms with E-state index in [1.54, 1.807) is 7.11 Å². The number of piperazine rings is 1. The maximum atomic E-state index is 12.3. The monoisotopic (exact) mass is 358 g/mol. The van der Waals surface area contributed by atoms with Crippen LogP contribution in [0.25, 0.3) is 0 Å². The van der Waals surface area contributed by atoms with Gasteiger partial charge in [0.1, 0.15) is 0 Å². The lowest BCUT2D eigenvalue weighted by atomic mass is 10.2. The molecule has 1 fully saturated rings. The number of ether oxygens (including phenoxy) is 1. The molecule has 2 N–H and O–H groups in total. The van der Waals surface area contributed by atoms with Gasteiger partial charge in [0.2, 0.25) is 0 Å². The number of nitrogens with zero attached hydrogens (tertiary/aromatic N) is 4. The van der Waals surface area contributed by atoms with Crippen LogP contribution in [0.2, 0.25) is 0 Å². The summed E-state index contributed by atoms with van der Waals surface area (Å²) in [6, 6.07) is 5.90. The summed E-state index contributed by atoms with van der Waals surface area (Å²) in [7, 11) is 1.63. The van der Waals surface area contributed by atoms with E-state index < -0.39 is 0 Å². The van der Waals surface area contributed by atoms with E-state index in [0.29, 0.717) is 13.2 Å². The van der Waals surface area contributed by atoms with Gasteiger partial charge >= 0.3 is 6.03 Å². The molecule has 0 saturated carbocycles. The van der Waals surface area contributed by atoms with E-state index in [1.807, 2.05) is 23.2 Å². The molecule has 8 nitrogen and oxygen atoms in total. The SMILES string of the molecule is COCc1cc(CNC(=O)N2CCN(Cc3ncccc3C)CC2)[nH]n1. The number of urea groups is 1. The standard InChI is InChI=1S/C18H26N6O2/c1-14-4-3-5-19-17(14)12-23-6-8-24(9-7-23)18(25)20-11-15-10-16(13-26-2)22-21-15/h3-5,10H,6-9,11-13H2,1-2H3,(H,20,25)(H,21,22). The fraction of sp³-hybridized carbons (Fsp3) is 0.500. The zero-order valence-corrected chi connectivity index (χ0v) is 15.4. The Labute approximate surface area is 153 Å². The van der Waals surface area contributed by atoms with E-state index in [1.165, 1.54) is 5.56 Å². The number of hydrogen-bond donors (Lipinski definition) is 2. The van der Waals surface area contributed by atoms with Crippen LogP contribution in [0.3, 0.4) is 0 Å². The van der Waals surface area contributed by atoms with E-state index >= 15 is 0 Å². The van der Waals surface area contributed by atoms with E-state index in [2.05, 4.69) is 38.4 Å². The maximum Gasteiger partial charge on any atom is 0.317 e. The van der Waals surface area contributed by atoms with Crippen LogP contribution in [0, 0.1) is 6.92 Å². The van der Waals surface area contributed by atoms with Crippen LogP contribution in [-0.4, -0.2) is 64.3 Å². The Hall–Kier alpha value is -2.45. The number of aryl methyl sites for hydroxylation is 1. The Bertz CT molecular complexity index is 724. The second kappa shape index (κ2) is 8.77. The summed E-state index contributed by atoms with van der Waals surface area (Å²) in [5, 5.41) is 9.98. The second-order valence-electron chi connectivity index (χ2n) is 6.51. The average Bonchev–Trinajstić information content (AvgIpc) is 3.10. The number of aromatic nitrogens is 3. The molecule has 0 bridgehead atoms. The first-order valence-corrected chi connectivity index (χ1v) is 8.83. The van der Waals surface area contributed by atoms with Gasteiger partial charge in [-0.3, -0.25) is 15.0 Å². The summed E-state index contributed by atoms with van der Waals surface area (Å²) < 4.78 is 5.03. The third-order valence-electron chi connectivity index (χ3n) is 4.56. The molecule has 2 aromatic heterocycles. The summed E-state index contributed by atoms with van der Waals surface area (Å²) in [5.41, 5.74) is 4.02. The smallest absolute Gasteiger partial charge is 0.317 e. The average molecular weight is 358 g/mol. The molecule has 1 aliphatic rings. The number of carbonyl (C=O) groups excluding carboxylic acids is 1. The van der Waals surface area contributed by atoms with Crippen molar-refractivity contribution in [2.24, 2.45) is 0 Å². The Morgan fingerprint density at radius 1 is 1.35 bits per heavy atom. The topological polar surface area (TPSA) is 86.4 Å². The van der Waals surface area contributed by atoms with Gasteiger partial charge in [0, 0.05) is 46.0 Å². The molecular formula is C18H26N6O2. The lowest BCUT2D eigenvalue weighted by Crippen LogP contribution is -2.51. The molecule has 3 rings (SSSR count). The normalized spacial score (nSPS) is 15.2. The van der Waals surface area contributed by atoms with E-state index in [4.69, 9.17) is 4.74 Å². The first-order chi connectivity index (χ1) is 12.7. The van der Waals surface area contributed by atoms with E-state index in [0.717, 1.165) is 49.8 Å². The van der Waals surface area contributed by atoms with Gasteiger partial charge in [-0.1, -0.05) is 6.07 Å². The van der Waals surface area contributed by atoms with Gasteiger partial charge in [0.15, 0.2) is 0 Å². The molecule has 0 spiro atoms. The zero-order chi connectivity index (χ0) is 18.4. The number of hydrogen-bond acceptors (Lipinski definition) is 5. The fourth-order valence-electron chi connectivity index (χ4n) is 3.01. The van der Waals surface area contributed by atoms with Crippen molar-refractivity contribution in [3.05, 3.63) is 47.0 Å². The van der Waals surface area contributed by atoms with E-state index in [9.17, 15) is 4.79 Å². The maximum absolute atomic E-state index is 12.3. The predicted molar refractivity (Wildman–Crippen MR) is 97.4 cm³/mol. The van der Waals surface area contributed by atoms with Crippen molar-refractivity contribution >= 4 is 6.03 Å². The lowest BCUT2D eigenvalue weighted by Gasteiger charge is -2.34. The molecule has 1 saturated heterocycles. The van der Waals surface area contributed by atoms with Crippen LogP contribution in [0.4, 0.5) is 4.79 Å². The number of H-pyrrole nitrogens is 1. The Kier molecular flexibility index (Phi) is 6.19. The lowest BCUT2D eigenvalue weighted by molar-refractivity contribution is 0.134. The number of aromatic amines is 1. The zero-order valence-electron chi connectivity index (χ0n) is 15.4. The molecule has 0 atom stereocenters. The van der Waals surface area contributed by atoms with Crippen molar-refractivity contribution in [2.75, 3.05) is 33.3 Å². The minimum atomic E-state index is -0.0402. The summed E-state index contributed by atoms with van der Waals surface area (Å²) in [6.07, 6.45) is 1.83. The predicted octanol–water partition coefficient (Wildman–Crippen LogP) is 1.29. The highest BCUT2D eigenvalue weighted by Crippen LogP contribution is 2.10. The minimum absolute atomic E-state index is 0.0402. The Balaban J connectivity index is 1.42. The Morgan fingerprint density at radius 3 is 2.88 bits per heavy atom. The first kappa shape index (κ1) is 18.3. The summed E-state index contributed by atoms with van der Waals surface area (Å²) >= 11 is 0. The third-order valence-corrected chi connectivity index (χ3v) is 4.56. The molecule has 0 aromatic carbocycles. The number of rotatable bonds is 6. The first-order valence-electron chi connectivity index (χ1n) is 8.83. The van der Waals surface area contributed by atoms with Crippen molar-refractivity contribution < 1.29 is 9.53 Å². The fourth-order valence-corrected chi connectivity index (χ4v) is 3.01. The van der Waals surface area contributed by atoms with Gasteiger partial charge < -0.3 is 15.0 Å². The van der Waals surface area contributed by atoms with Crippen molar-refractivity contribution in [3.63, 3.8) is 0 Å². The Morgan fingerprint density at radius 2 is 2.15 bits per heavy atom. The van der Waals surface area contributed by atoms with Crippen molar-refractivity contribution in [2.45, 2.75) is 26.6 Å². The number of pyridine rings is 1. The molecule has 1 aliphatic heterocycles. The van der Waals surface area contributed by atoms with Crippen LogP contribution in [0.5, 0.6) is 0 Å². The van der Waals surface area contributed by atoms with Crippen LogP contribution in [-0.2, 0) is 24.4 Å². The van der Waals surface area contributed by atoms with Crippen molar-refractivity contribution in [1.29, 1.82) is 0 Å².